The molecule has 28 heavy (non-hydrogen) atoms. The maximum absolute atomic E-state index is 14.2. The molecule has 4 rings (SSSR count). The van der Waals surface area contributed by atoms with E-state index >= 15 is 0 Å². The molecule has 0 fully saturated rings. The summed E-state index contributed by atoms with van der Waals surface area (Å²) >= 11 is 0. The second-order valence-electron chi connectivity index (χ2n) is 6.94. The fourth-order valence-electron chi connectivity index (χ4n) is 3.72. The summed E-state index contributed by atoms with van der Waals surface area (Å²) in [5.41, 5.74) is 9.31. The zero-order chi connectivity index (χ0) is 20.0. The topological polar surface area (TPSA) is 84.9 Å². The highest BCUT2D eigenvalue weighted by Gasteiger charge is 2.27. The van der Waals surface area contributed by atoms with E-state index in [4.69, 9.17) is 11.6 Å². The van der Waals surface area contributed by atoms with Crippen molar-refractivity contribution in [2.75, 3.05) is 7.05 Å². The molecular formula is C19H19F3N6. The summed E-state index contributed by atoms with van der Waals surface area (Å²) in [6.07, 6.45) is 3.57. The predicted octanol–water partition coefficient (Wildman–Crippen LogP) is 2.45. The molecule has 0 bridgehead atoms. The quantitative estimate of drug-likeness (QED) is 0.237. The van der Waals surface area contributed by atoms with Gasteiger partial charge in [-0.2, -0.15) is 0 Å². The molecule has 0 amide bonds. The summed E-state index contributed by atoms with van der Waals surface area (Å²) in [6.45, 7) is 0. The lowest BCUT2D eigenvalue weighted by Crippen LogP contribution is -2.25. The first kappa shape index (κ1) is 18.3. The molecule has 2 heterocycles. The molecule has 1 unspecified atom stereocenters. The first-order chi connectivity index (χ1) is 13.3. The molecule has 6 nitrogen and oxygen atoms in total. The molecule has 0 spiro atoms. The minimum atomic E-state index is -1.18. The number of aryl methyl sites for hydroxylation is 1. The highest BCUT2D eigenvalue weighted by Crippen LogP contribution is 2.35. The number of rotatable bonds is 3. The van der Waals surface area contributed by atoms with Gasteiger partial charge in [-0.25, -0.2) is 29.1 Å². The third kappa shape index (κ3) is 3.18. The Balaban J connectivity index is 1.69. The second kappa shape index (κ2) is 6.83. The van der Waals surface area contributed by atoms with Crippen molar-refractivity contribution >= 4 is 11.5 Å². The molecule has 9 heteroatoms. The van der Waals surface area contributed by atoms with Crippen molar-refractivity contribution in [1.29, 1.82) is 0 Å². The zero-order valence-electron chi connectivity index (χ0n) is 15.2. The van der Waals surface area contributed by atoms with E-state index in [0.717, 1.165) is 22.6 Å². The van der Waals surface area contributed by atoms with E-state index in [9.17, 15) is 13.2 Å². The maximum atomic E-state index is 14.2. The van der Waals surface area contributed by atoms with Crippen molar-refractivity contribution < 1.29 is 13.2 Å². The zero-order valence-corrected chi connectivity index (χ0v) is 15.2. The van der Waals surface area contributed by atoms with Gasteiger partial charge < -0.3 is 10.1 Å². The summed E-state index contributed by atoms with van der Waals surface area (Å²) in [5.74, 6) is 2.54. The van der Waals surface area contributed by atoms with Gasteiger partial charge in [-0.05, 0) is 48.9 Å². The third-order valence-electron chi connectivity index (χ3n) is 5.02. The fourth-order valence-corrected chi connectivity index (χ4v) is 3.72. The Bertz CT molecular complexity index is 1090. The lowest BCUT2D eigenvalue weighted by Gasteiger charge is -2.22. The lowest BCUT2D eigenvalue weighted by atomic mass is 9.84. The normalized spacial score (nSPS) is 17.0. The largest absolute Gasteiger partial charge is 0.382 e. The van der Waals surface area contributed by atoms with Crippen molar-refractivity contribution in [3.63, 3.8) is 0 Å². The highest BCUT2D eigenvalue weighted by atomic mass is 19.2. The average Bonchev–Trinajstić information content (AvgIpc) is 3.00. The molecule has 0 radical (unpaired) electrons. The number of pyridine rings is 1. The number of hydrazine groups is 1. The molecule has 1 aliphatic carbocycles. The summed E-state index contributed by atoms with van der Waals surface area (Å²) in [6, 6.07) is 5.17. The standard InChI is InChI=1S/C19H19F3N6/c1-27(24)26-19(23)11-4-5-28-17-3-2-10(6-16(17)25-18(28)7-11)12-8-14(21)15(22)9-13(12)20/h4-5,7-10H,2-3,6,24H2,1H3,(H2,23,26). The van der Waals surface area contributed by atoms with Gasteiger partial charge in [-0.3, -0.25) is 0 Å². The van der Waals surface area contributed by atoms with E-state index in [1.807, 2.05) is 16.7 Å². The summed E-state index contributed by atoms with van der Waals surface area (Å²) in [5, 5.41) is 5.10. The molecule has 1 aromatic carbocycles. The van der Waals surface area contributed by atoms with Crippen LogP contribution in [0.4, 0.5) is 13.2 Å². The van der Waals surface area contributed by atoms with Crippen LogP contribution in [0.5, 0.6) is 0 Å². The van der Waals surface area contributed by atoms with Gasteiger partial charge in [-0.1, -0.05) is 0 Å². The average molecular weight is 388 g/mol. The van der Waals surface area contributed by atoms with E-state index in [2.05, 4.69) is 10.1 Å². The van der Waals surface area contributed by atoms with Gasteiger partial charge in [-0.15, -0.1) is 5.10 Å². The van der Waals surface area contributed by atoms with Gasteiger partial charge in [0, 0.05) is 30.6 Å². The highest BCUT2D eigenvalue weighted by molar-refractivity contribution is 5.98. The number of fused-ring (bicyclic) bond motifs is 3. The van der Waals surface area contributed by atoms with Crippen LogP contribution >= 0.6 is 0 Å². The van der Waals surface area contributed by atoms with E-state index in [0.29, 0.717) is 36.5 Å². The number of hydrogen-bond acceptors (Lipinski definition) is 4. The van der Waals surface area contributed by atoms with Crippen molar-refractivity contribution in [1.82, 2.24) is 14.5 Å². The molecule has 1 atom stereocenters. The number of halogens is 3. The Morgan fingerprint density at radius 1 is 1.21 bits per heavy atom. The van der Waals surface area contributed by atoms with Crippen molar-refractivity contribution in [3.05, 3.63) is 70.4 Å². The number of benzene rings is 1. The van der Waals surface area contributed by atoms with Crippen molar-refractivity contribution in [2.45, 2.75) is 25.2 Å². The van der Waals surface area contributed by atoms with Crippen LogP contribution in [0.1, 0.15) is 34.9 Å². The van der Waals surface area contributed by atoms with Crippen LogP contribution in [0, 0.1) is 17.5 Å². The third-order valence-corrected chi connectivity index (χ3v) is 5.02. The number of nitrogens with two attached hydrogens (primary N) is 2. The SMILES string of the molecule is CN(N)/N=C(\N)c1ccn2c3c(nc2c1)CC(c1cc(F)c(F)cc1F)CC3. The Kier molecular flexibility index (Phi) is 4.46. The van der Waals surface area contributed by atoms with Gasteiger partial charge in [0.25, 0.3) is 0 Å². The number of hydrogen-bond donors (Lipinski definition) is 2. The summed E-state index contributed by atoms with van der Waals surface area (Å²) < 4.78 is 42.9. The smallest absolute Gasteiger partial charge is 0.161 e. The number of hydrazone groups is 1. The van der Waals surface area contributed by atoms with Crippen LogP contribution in [-0.4, -0.2) is 27.4 Å². The molecule has 4 N–H and O–H groups in total. The maximum Gasteiger partial charge on any atom is 0.161 e. The van der Waals surface area contributed by atoms with Crippen LogP contribution in [0.2, 0.25) is 0 Å². The van der Waals surface area contributed by atoms with Crippen LogP contribution < -0.4 is 11.6 Å². The number of nitrogens with zero attached hydrogens (tertiary/aromatic N) is 4. The van der Waals surface area contributed by atoms with Crippen LogP contribution in [0.15, 0.2) is 35.6 Å². The molecule has 0 aliphatic heterocycles. The fraction of sp³-hybridized carbons (Fsp3) is 0.263. The molecular weight excluding hydrogens is 369 g/mol. The Morgan fingerprint density at radius 2 is 1.96 bits per heavy atom. The van der Waals surface area contributed by atoms with Crippen LogP contribution in [0.3, 0.4) is 0 Å². The van der Waals surface area contributed by atoms with E-state index in [1.54, 1.807) is 13.1 Å². The minimum Gasteiger partial charge on any atom is -0.382 e. The number of imidazole rings is 1. The van der Waals surface area contributed by atoms with E-state index < -0.39 is 17.5 Å². The predicted molar refractivity (Wildman–Crippen MR) is 98.9 cm³/mol. The second-order valence-corrected chi connectivity index (χ2v) is 6.94. The Hall–Kier alpha value is -3.07. The Morgan fingerprint density at radius 3 is 2.71 bits per heavy atom. The van der Waals surface area contributed by atoms with Crippen molar-refractivity contribution in [3.8, 4) is 0 Å². The van der Waals surface area contributed by atoms with Crippen molar-refractivity contribution in [2.24, 2.45) is 16.7 Å². The number of amidine groups is 1. The molecule has 1 aliphatic rings. The van der Waals surface area contributed by atoms with E-state index in [1.165, 1.54) is 0 Å². The molecule has 3 aromatic rings. The minimum absolute atomic E-state index is 0.185. The molecule has 0 saturated carbocycles. The van der Waals surface area contributed by atoms with E-state index in [-0.39, 0.29) is 17.3 Å². The monoisotopic (exact) mass is 388 g/mol. The van der Waals surface area contributed by atoms with Crippen LogP contribution in [0.25, 0.3) is 5.65 Å². The first-order valence-electron chi connectivity index (χ1n) is 8.80. The Labute approximate surface area is 159 Å². The molecule has 146 valence electrons. The van der Waals surface area contributed by atoms with Gasteiger partial charge >= 0.3 is 0 Å². The van der Waals surface area contributed by atoms with Crippen LogP contribution in [-0.2, 0) is 12.8 Å². The lowest BCUT2D eigenvalue weighted by molar-refractivity contribution is 0.371. The molecule has 0 saturated heterocycles. The van der Waals surface area contributed by atoms with Gasteiger partial charge in [0.15, 0.2) is 17.5 Å². The summed E-state index contributed by atoms with van der Waals surface area (Å²) in [4.78, 5) is 4.64. The summed E-state index contributed by atoms with van der Waals surface area (Å²) in [7, 11) is 1.57. The first-order valence-corrected chi connectivity index (χ1v) is 8.80. The molecule has 2 aromatic heterocycles. The number of aromatic nitrogens is 2. The van der Waals surface area contributed by atoms with Gasteiger partial charge in [0.1, 0.15) is 11.5 Å². The van der Waals surface area contributed by atoms with Gasteiger partial charge in [0.2, 0.25) is 0 Å². The van der Waals surface area contributed by atoms with Gasteiger partial charge in [0.05, 0.1) is 5.69 Å².